The molecule has 0 atom stereocenters. The van der Waals surface area contributed by atoms with Crippen LogP contribution in [0.2, 0.25) is 5.02 Å². The van der Waals surface area contributed by atoms with Crippen LogP contribution in [-0.4, -0.2) is 32.2 Å². The van der Waals surface area contributed by atoms with E-state index in [0.717, 1.165) is 11.1 Å². The standard InChI is InChI=1S/C14H13ClN6O/c1-2-17-14(22)19-13-18-12-6-9(3-4-21(12)20-13)10-5-11(15)8-16-7-10/h3-8H,2H2,1H3,(H2,17,19,20,22). The van der Waals surface area contributed by atoms with Crippen LogP contribution in [-0.2, 0) is 0 Å². The zero-order valence-corrected chi connectivity index (χ0v) is 12.5. The van der Waals surface area contributed by atoms with Gasteiger partial charge in [0.25, 0.3) is 5.95 Å². The van der Waals surface area contributed by atoms with Gasteiger partial charge in [-0.05, 0) is 30.7 Å². The van der Waals surface area contributed by atoms with Gasteiger partial charge < -0.3 is 5.32 Å². The number of aromatic nitrogens is 4. The molecule has 2 amide bonds. The molecule has 8 heteroatoms. The number of hydrogen-bond acceptors (Lipinski definition) is 4. The van der Waals surface area contributed by atoms with E-state index in [9.17, 15) is 4.79 Å². The van der Waals surface area contributed by atoms with Crippen LogP contribution in [0.3, 0.4) is 0 Å². The average molecular weight is 317 g/mol. The van der Waals surface area contributed by atoms with Crippen LogP contribution in [0.25, 0.3) is 16.8 Å². The zero-order valence-electron chi connectivity index (χ0n) is 11.7. The van der Waals surface area contributed by atoms with Crippen molar-refractivity contribution >= 4 is 29.2 Å². The fraction of sp³-hybridized carbons (Fsp3) is 0.143. The Morgan fingerprint density at radius 1 is 1.32 bits per heavy atom. The van der Waals surface area contributed by atoms with Gasteiger partial charge in [0, 0.05) is 30.7 Å². The lowest BCUT2D eigenvalue weighted by Crippen LogP contribution is -2.28. The van der Waals surface area contributed by atoms with Gasteiger partial charge in [0.15, 0.2) is 5.65 Å². The molecule has 0 saturated heterocycles. The van der Waals surface area contributed by atoms with Crippen LogP contribution in [0.15, 0.2) is 36.8 Å². The van der Waals surface area contributed by atoms with Crippen molar-refractivity contribution in [1.82, 2.24) is 24.9 Å². The number of pyridine rings is 2. The third kappa shape index (κ3) is 2.99. The second-order valence-corrected chi connectivity index (χ2v) is 4.97. The Balaban J connectivity index is 1.91. The highest BCUT2D eigenvalue weighted by molar-refractivity contribution is 6.30. The van der Waals surface area contributed by atoms with Crippen LogP contribution < -0.4 is 10.6 Å². The van der Waals surface area contributed by atoms with Crippen molar-refractivity contribution in [3.05, 3.63) is 41.8 Å². The van der Waals surface area contributed by atoms with E-state index >= 15 is 0 Å². The van der Waals surface area contributed by atoms with Gasteiger partial charge in [0.2, 0.25) is 0 Å². The van der Waals surface area contributed by atoms with Crippen LogP contribution >= 0.6 is 11.6 Å². The zero-order chi connectivity index (χ0) is 15.5. The van der Waals surface area contributed by atoms with Gasteiger partial charge in [-0.2, -0.15) is 4.98 Å². The number of carbonyl (C=O) groups is 1. The number of nitrogens with zero attached hydrogens (tertiary/aromatic N) is 4. The van der Waals surface area contributed by atoms with Gasteiger partial charge in [0.1, 0.15) is 0 Å². The lowest BCUT2D eigenvalue weighted by atomic mass is 10.1. The molecule has 0 aliphatic heterocycles. The summed E-state index contributed by atoms with van der Waals surface area (Å²) >= 11 is 5.95. The van der Waals surface area contributed by atoms with Crippen LogP contribution in [0, 0.1) is 0 Å². The molecule has 0 aromatic carbocycles. The number of carbonyl (C=O) groups excluding carboxylic acids is 1. The molecule has 22 heavy (non-hydrogen) atoms. The molecular formula is C14H13ClN6O. The Hall–Kier alpha value is -2.67. The molecule has 0 radical (unpaired) electrons. The molecule has 0 aliphatic carbocycles. The Morgan fingerprint density at radius 3 is 2.95 bits per heavy atom. The van der Waals surface area contributed by atoms with Crippen molar-refractivity contribution in [2.75, 3.05) is 11.9 Å². The number of hydrogen-bond donors (Lipinski definition) is 2. The molecule has 3 aromatic heterocycles. The van der Waals surface area contributed by atoms with Crippen molar-refractivity contribution in [2.24, 2.45) is 0 Å². The largest absolute Gasteiger partial charge is 0.338 e. The monoisotopic (exact) mass is 316 g/mol. The number of halogens is 1. The number of fused-ring (bicyclic) bond motifs is 1. The summed E-state index contributed by atoms with van der Waals surface area (Å²) in [6.07, 6.45) is 5.07. The molecule has 0 fully saturated rings. The summed E-state index contributed by atoms with van der Waals surface area (Å²) < 4.78 is 1.59. The maximum Gasteiger partial charge on any atom is 0.321 e. The summed E-state index contributed by atoms with van der Waals surface area (Å²) in [7, 11) is 0. The summed E-state index contributed by atoms with van der Waals surface area (Å²) in [6, 6.07) is 5.22. The molecule has 3 rings (SSSR count). The number of urea groups is 1. The number of amides is 2. The van der Waals surface area contributed by atoms with Gasteiger partial charge in [-0.1, -0.05) is 11.6 Å². The predicted molar refractivity (Wildman–Crippen MR) is 83.9 cm³/mol. The molecular weight excluding hydrogens is 304 g/mol. The SMILES string of the molecule is CCNC(=O)Nc1nc2cc(-c3cncc(Cl)c3)ccn2n1. The average Bonchev–Trinajstić information content (AvgIpc) is 2.88. The summed E-state index contributed by atoms with van der Waals surface area (Å²) in [5, 5.41) is 9.94. The van der Waals surface area contributed by atoms with Gasteiger partial charge in [-0.15, -0.1) is 5.10 Å². The highest BCUT2D eigenvalue weighted by atomic mass is 35.5. The molecule has 112 valence electrons. The van der Waals surface area contributed by atoms with E-state index in [4.69, 9.17) is 11.6 Å². The van der Waals surface area contributed by atoms with Gasteiger partial charge in [-0.25, -0.2) is 9.31 Å². The number of rotatable bonds is 3. The highest BCUT2D eigenvalue weighted by Crippen LogP contribution is 2.22. The topological polar surface area (TPSA) is 84.2 Å². The second kappa shape index (κ2) is 5.98. The maximum absolute atomic E-state index is 11.5. The summed E-state index contributed by atoms with van der Waals surface area (Å²) in [4.78, 5) is 19.8. The molecule has 0 aliphatic rings. The van der Waals surface area contributed by atoms with Crippen LogP contribution in [0.4, 0.5) is 10.7 Å². The Morgan fingerprint density at radius 2 is 2.18 bits per heavy atom. The van der Waals surface area contributed by atoms with E-state index in [1.165, 1.54) is 0 Å². The van der Waals surface area contributed by atoms with Gasteiger partial charge in [-0.3, -0.25) is 10.3 Å². The molecule has 3 aromatic rings. The van der Waals surface area contributed by atoms with Gasteiger partial charge >= 0.3 is 6.03 Å². The predicted octanol–water partition coefficient (Wildman–Crippen LogP) is 2.59. The molecule has 7 nitrogen and oxygen atoms in total. The van der Waals surface area contributed by atoms with E-state index in [1.54, 1.807) is 23.1 Å². The van der Waals surface area contributed by atoms with Crippen molar-refractivity contribution in [3.63, 3.8) is 0 Å². The van der Waals surface area contributed by atoms with Crippen molar-refractivity contribution < 1.29 is 4.79 Å². The first-order chi connectivity index (χ1) is 10.7. The maximum atomic E-state index is 11.5. The van der Waals surface area contributed by atoms with E-state index in [0.29, 0.717) is 17.2 Å². The molecule has 3 heterocycles. The van der Waals surface area contributed by atoms with Crippen molar-refractivity contribution in [3.8, 4) is 11.1 Å². The second-order valence-electron chi connectivity index (χ2n) is 4.53. The summed E-state index contributed by atoms with van der Waals surface area (Å²) in [5.74, 6) is 0.243. The van der Waals surface area contributed by atoms with Crippen LogP contribution in [0.1, 0.15) is 6.92 Å². The van der Waals surface area contributed by atoms with Crippen molar-refractivity contribution in [2.45, 2.75) is 6.92 Å². The molecule has 0 saturated carbocycles. The lowest BCUT2D eigenvalue weighted by Gasteiger charge is -2.01. The minimum atomic E-state index is -0.335. The van der Waals surface area contributed by atoms with E-state index in [-0.39, 0.29) is 12.0 Å². The Labute approximate surface area is 131 Å². The number of anilines is 1. The first-order valence-corrected chi connectivity index (χ1v) is 7.05. The quantitative estimate of drug-likeness (QED) is 0.778. The Bertz CT molecular complexity index is 831. The van der Waals surface area contributed by atoms with Crippen molar-refractivity contribution in [1.29, 1.82) is 0 Å². The molecule has 0 spiro atoms. The van der Waals surface area contributed by atoms with Gasteiger partial charge in [0.05, 0.1) is 5.02 Å². The third-order valence-corrected chi connectivity index (χ3v) is 3.15. The highest BCUT2D eigenvalue weighted by Gasteiger charge is 2.08. The van der Waals surface area contributed by atoms with E-state index < -0.39 is 0 Å². The normalized spacial score (nSPS) is 10.6. The van der Waals surface area contributed by atoms with E-state index in [2.05, 4.69) is 25.7 Å². The molecule has 2 N–H and O–H groups in total. The summed E-state index contributed by atoms with van der Waals surface area (Å²) in [6.45, 7) is 2.37. The van der Waals surface area contributed by atoms with Crippen LogP contribution in [0.5, 0.6) is 0 Å². The molecule has 0 bridgehead atoms. The first-order valence-electron chi connectivity index (χ1n) is 6.68. The smallest absolute Gasteiger partial charge is 0.321 e. The number of nitrogens with one attached hydrogen (secondary N) is 2. The molecule has 0 unspecified atom stereocenters. The third-order valence-electron chi connectivity index (χ3n) is 2.94. The fourth-order valence-electron chi connectivity index (χ4n) is 1.99. The Kier molecular flexibility index (Phi) is 3.88. The first kappa shape index (κ1) is 14.3. The lowest BCUT2D eigenvalue weighted by molar-refractivity contribution is 0.252. The fourth-order valence-corrected chi connectivity index (χ4v) is 2.16. The summed E-state index contributed by atoms with van der Waals surface area (Å²) in [5.41, 5.74) is 2.42. The minimum absolute atomic E-state index is 0.243. The minimum Gasteiger partial charge on any atom is -0.338 e. The van der Waals surface area contributed by atoms with E-state index in [1.807, 2.05) is 25.1 Å².